The van der Waals surface area contributed by atoms with Gasteiger partial charge in [0, 0.05) is 6.20 Å². The zero-order chi connectivity index (χ0) is 25.6. The van der Waals surface area contributed by atoms with Gasteiger partial charge in [-0.05, 0) is 36.5 Å². The highest BCUT2D eigenvalue weighted by Crippen LogP contribution is 2.10. The summed E-state index contributed by atoms with van der Waals surface area (Å²) in [6.45, 7) is 5.99. The van der Waals surface area contributed by atoms with Gasteiger partial charge in [0.25, 0.3) is 5.91 Å². The van der Waals surface area contributed by atoms with Crippen LogP contribution in [0.5, 0.6) is 0 Å². The van der Waals surface area contributed by atoms with Crippen molar-refractivity contribution in [1.29, 1.82) is 0 Å². The van der Waals surface area contributed by atoms with Crippen LogP contribution in [0.3, 0.4) is 0 Å². The fourth-order valence-electron chi connectivity index (χ4n) is 3.48. The van der Waals surface area contributed by atoms with Gasteiger partial charge in [-0.2, -0.15) is 0 Å². The molecular weight excluding hydrogens is 448 g/mol. The van der Waals surface area contributed by atoms with Gasteiger partial charge in [-0.15, -0.1) is 0 Å². The van der Waals surface area contributed by atoms with Crippen LogP contribution >= 0.6 is 0 Å². The Bertz CT molecular complexity index is 924. The number of benzene rings is 1. The Labute approximate surface area is 206 Å². The van der Waals surface area contributed by atoms with E-state index in [2.05, 4.69) is 20.9 Å². The van der Waals surface area contributed by atoms with Gasteiger partial charge < -0.3 is 25.8 Å². The second kappa shape index (κ2) is 14.7. The quantitative estimate of drug-likeness (QED) is 0.346. The van der Waals surface area contributed by atoms with Gasteiger partial charge in [-0.25, -0.2) is 4.79 Å². The van der Waals surface area contributed by atoms with Gasteiger partial charge in [0.2, 0.25) is 5.91 Å². The highest BCUT2D eigenvalue weighted by molar-refractivity contribution is 5.87. The molecule has 0 aliphatic heterocycles. The molecule has 1 heterocycles. The van der Waals surface area contributed by atoms with Crippen LogP contribution in [-0.2, 0) is 27.5 Å². The minimum atomic E-state index is -1.45. The van der Waals surface area contributed by atoms with Crippen LogP contribution in [0, 0.1) is 5.92 Å². The number of ether oxygens (including phenoxy) is 1. The summed E-state index contributed by atoms with van der Waals surface area (Å²) in [7, 11) is 0. The summed E-state index contributed by atoms with van der Waals surface area (Å²) in [5.74, 6) is -0.980. The molecule has 0 saturated heterocycles. The number of aliphatic hydroxyl groups excluding tert-OH is 1. The van der Waals surface area contributed by atoms with Gasteiger partial charge in [0.05, 0.1) is 18.3 Å². The molecule has 0 bridgehead atoms. The Balaban J connectivity index is 1.96. The van der Waals surface area contributed by atoms with E-state index in [0.29, 0.717) is 25.0 Å². The monoisotopic (exact) mass is 484 g/mol. The van der Waals surface area contributed by atoms with E-state index in [1.807, 2.05) is 51.1 Å². The normalized spacial score (nSPS) is 13.4. The van der Waals surface area contributed by atoms with E-state index < -0.39 is 36.1 Å². The Morgan fingerprint density at radius 2 is 1.71 bits per heavy atom. The van der Waals surface area contributed by atoms with Gasteiger partial charge in [-0.1, -0.05) is 63.6 Å². The van der Waals surface area contributed by atoms with Crippen LogP contribution in [0.4, 0.5) is 4.79 Å². The number of amides is 3. The first kappa shape index (κ1) is 27.8. The van der Waals surface area contributed by atoms with E-state index in [1.54, 1.807) is 24.4 Å². The summed E-state index contributed by atoms with van der Waals surface area (Å²) in [4.78, 5) is 42.1. The van der Waals surface area contributed by atoms with E-state index in [-0.39, 0.29) is 19.1 Å². The van der Waals surface area contributed by atoms with Crippen molar-refractivity contribution >= 4 is 17.9 Å². The maximum Gasteiger partial charge on any atom is 0.408 e. The highest BCUT2D eigenvalue weighted by Gasteiger charge is 2.30. The first-order valence-electron chi connectivity index (χ1n) is 11.9. The van der Waals surface area contributed by atoms with Crippen molar-refractivity contribution in [2.24, 2.45) is 5.92 Å². The van der Waals surface area contributed by atoms with Crippen molar-refractivity contribution in [2.45, 2.75) is 71.4 Å². The fourth-order valence-corrected chi connectivity index (χ4v) is 3.48. The Morgan fingerprint density at radius 1 is 1.00 bits per heavy atom. The average molecular weight is 485 g/mol. The van der Waals surface area contributed by atoms with Crippen LogP contribution in [0.25, 0.3) is 0 Å². The number of hydrogen-bond donors (Lipinski definition) is 4. The van der Waals surface area contributed by atoms with Crippen molar-refractivity contribution in [3.63, 3.8) is 0 Å². The van der Waals surface area contributed by atoms with E-state index in [1.165, 1.54) is 0 Å². The predicted octanol–water partition coefficient (Wildman–Crippen LogP) is 2.68. The second-order valence-electron chi connectivity index (χ2n) is 8.78. The number of nitrogens with zero attached hydrogens (tertiary/aromatic N) is 1. The molecule has 3 amide bonds. The number of carbonyl (C=O) groups excluding carboxylic acids is 3. The molecule has 0 aliphatic rings. The third-order valence-corrected chi connectivity index (χ3v) is 5.28. The number of aromatic nitrogens is 1. The molecule has 1 aromatic heterocycles. The van der Waals surface area contributed by atoms with Gasteiger partial charge in [0.1, 0.15) is 12.6 Å². The molecule has 0 saturated carbocycles. The molecule has 0 fully saturated rings. The zero-order valence-electron chi connectivity index (χ0n) is 20.6. The number of pyridine rings is 1. The van der Waals surface area contributed by atoms with Crippen molar-refractivity contribution < 1.29 is 24.2 Å². The molecule has 0 unspecified atom stereocenters. The Kier molecular flexibility index (Phi) is 11.7. The second-order valence-corrected chi connectivity index (χ2v) is 8.78. The maximum atomic E-state index is 13.0. The molecule has 3 atom stereocenters. The molecule has 2 aromatic rings. The third kappa shape index (κ3) is 10.1. The molecule has 0 radical (unpaired) electrons. The fraction of sp³-hybridized carbons (Fsp3) is 0.462. The Hall–Kier alpha value is -3.46. The number of alkyl carbamates (subject to hydrolysis) is 1. The lowest BCUT2D eigenvalue weighted by atomic mass is 10.0. The predicted molar refractivity (Wildman–Crippen MR) is 132 cm³/mol. The lowest BCUT2D eigenvalue weighted by molar-refractivity contribution is -0.133. The summed E-state index contributed by atoms with van der Waals surface area (Å²) in [6.07, 6.45) is 0.841. The standard InChI is InChI=1S/C26H36N4O5/c1-4-10-21(23(31)25(33)28-16-20-13-8-9-14-27-20)29-24(32)22(15-18(2)3)30-26(34)35-17-19-11-6-5-7-12-19/h5-9,11-14,18,21-23,31H,4,10,15-17H2,1-3H3,(H,28,33)(H,29,32)(H,30,34)/t21-,22-,23-/m0/s1. The van der Waals surface area contributed by atoms with Gasteiger partial charge >= 0.3 is 6.09 Å². The first-order chi connectivity index (χ1) is 16.8. The summed E-state index contributed by atoms with van der Waals surface area (Å²) < 4.78 is 5.25. The number of hydrogen-bond acceptors (Lipinski definition) is 6. The molecule has 9 nitrogen and oxygen atoms in total. The van der Waals surface area contributed by atoms with Crippen LogP contribution in [0.15, 0.2) is 54.7 Å². The molecule has 0 spiro atoms. The van der Waals surface area contributed by atoms with Crippen LogP contribution in [0.1, 0.15) is 51.3 Å². The Morgan fingerprint density at radius 3 is 2.34 bits per heavy atom. The molecule has 1 aromatic carbocycles. The van der Waals surface area contributed by atoms with Crippen LogP contribution in [0.2, 0.25) is 0 Å². The van der Waals surface area contributed by atoms with E-state index >= 15 is 0 Å². The lowest BCUT2D eigenvalue weighted by Crippen LogP contribution is -2.55. The van der Waals surface area contributed by atoms with Crippen molar-refractivity contribution in [3.05, 3.63) is 66.0 Å². The molecule has 2 rings (SSSR count). The van der Waals surface area contributed by atoms with Gasteiger partial charge in [-0.3, -0.25) is 14.6 Å². The summed E-state index contributed by atoms with van der Waals surface area (Å²) >= 11 is 0. The highest BCUT2D eigenvalue weighted by atomic mass is 16.5. The smallest absolute Gasteiger partial charge is 0.408 e. The topological polar surface area (TPSA) is 130 Å². The molecule has 9 heteroatoms. The number of carbonyl (C=O) groups is 3. The minimum absolute atomic E-state index is 0.0797. The molecular formula is C26H36N4O5. The van der Waals surface area contributed by atoms with Crippen LogP contribution in [-0.4, -0.2) is 46.2 Å². The van der Waals surface area contributed by atoms with E-state index in [4.69, 9.17) is 4.74 Å². The van der Waals surface area contributed by atoms with E-state index in [9.17, 15) is 19.5 Å². The zero-order valence-corrected chi connectivity index (χ0v) is 20.6. The number of rotatable bonds is 13. The average Bonchev–Trinajstić information content (AvgIpc) is 2.85. The minimum Gasteiger partial charge on any atom is -0.445 e. The summed E-state index contributed by atoms with van der Waals surface area (Å²) in [5, 5.41) is 18.6. The molecule has 190 valence electrons. The third-order valence-electron chi connectivity index (χ3n) is 5.28. The summed E-state index contributed by atoms with van der Waals surface area (Å²) in [5.41, 5.74) is 1.48. The summed E-state index contributed by atoms with van der Waals surface area (Å²) in [6, 6.07) is 12.9. The van der Waals surface area contributed by atoms with Crippen LogP contribution < -0.4 is 16.0 Å². The SMILES string of the molecule is CCC[C@H](NC(=O)[C@H](CC(C)C)NC(=O)OCc1ccccc1)[C@H](O)C(=O)NCc1ccccn1. The molecule has 4 N–H and O–H groups in total. The molecule has 35 heavy (non-hydrogen) atoms. The molecule has 0 aliphatic carbocycles. The van der Waals surface area contributed by atoms with E-state index in [0.717, 1.165) is 5.56 Å². The number of aliphatic hydroxyl groups is 1. The van der Waals surface area contributed by atoms with Crippen molar-refractivity contribution in [2.75, 3.05) is 0 Å². The number of nitrogens with one attached hydrogen (secondary N) is 3. The first-order valence-corrected chi connectivity index (χ1v) is 11.9. The maximum absolute atomic E-state index is 13.0. The largest absolute Gasteiger partial charge is 0.445 e. The van der Waals surface area contributed by atoms with Crippen molar-refractivity contribution in [3.8, 4) is 0 Å². The van der Waals surface area contributed by atoms with Gasteiger partial charge in [0.15, 0.2) is 6.10 Å². The lowest BCUT2D eigenvalue weighted by Gasteiger charge is -2.26. The van der Waals surface area contributed by atoms with Crippen molar-refractivity contribution in [1.82, 2.24) is 20.9 Å².